The third-order valence-corrected chi connectivity index (χ3v) is 7.21. The van der Waals surface area contributed by atoms with Crippen LogP contribution in [-0.2, 0) is 17.5 Å². The third kappa shape index (κ3) is 7.45. The van der Waals surface area contributed by atoms with E-state index < -0.39 is 23.7 Å². The predicted molar refractivity (Wildman–Crippen MR) is 169 cm³/mol. The zero-order valence-corrected chi connectivity index (χ0v) is 26.1. The summed E-state index contributed by atoms with van der Waals surface area (Å²) in [7, 11) is 7.33. The van der Waals surface area contributed by atoms with Crippen molar-refractivity contribution in [1.29, 1.82) is 0 Å². The summed E-state index contributed by atoms with van der Waals surface area (Å²) in [5.41, 5.74) is 1.61. The second kappa shape index (κ2) is 13.4. The fourth-order valence-electron chi connectivity index (χ4n) is 4.70. The van der Waals surface area contributed by atoms with E-state index in [0.717, 1.165) is 18.7 Å². The number of amides is 3. The van der Waals surface area contributed by atoms with Crippen molar-refractivity contribution in [3.63, 3.8) is 0 Å². The number of fused-ring (bicyclic) bond motifs is 1. The number of hydrogen-bond acceptors (Lipinski definition) is 8. The number of carbonyl (C=O) groups excluding carboxylic acids is 2. The molecule has 2 N–H and O–H groups in total. The molecule has 1 aliphatic heterocycles. The van der Waals surface area contributed by atoms with Gasteiger partial charge in [0, 0.05) is 44.0 Å². The minimum absolute atomic E-state index is 0.101. The van der Waals surface area contributed by atoms with E-state index in [2.05, 4.69) is 27.2 Å². The molecule has 0 atom stereocenters. The Kier molecular flexibility index (Phi) is 9.86. The van der Waals surface area contributed by atoms with Crippen molar-refractivity contribution in [3.8, 4) is 5.75 Å². The molecule has 2 heterocycles. The standard InChI is InChI=1S/C31H37F3N8O3/c1-8-27(43)36-23-15-24(26(45-7)16-25(23)40(6)14-13-39(4)5)37-29-35-17-20-18-41(19(2)3)30(44)42(28(20)38-29)22-11-9-21(10-12-22)31(32,33)34/h8-12,15-17,19H,1,13-14,18H2,2-7H3,(H,36,43)(H,35,37,38). The van der Waals surface area contributed by atoms with Gasteiger partial charge in [0.25, 0.3) is 0 Å². The molecule has 0 unspecified atom stereocenters. The molecule has 45 heavy (non-hydrogen) atoms. The summed E-state index contributed by atoms with van der Waals surface area (Å²) in [6.07, 6.45) is -1.79. The lowest BCUT2D eigenvalue weighted by atomic mass is 10.1. The molecule has 3 amide bonds. The summed E-state index contributed by atoms with van der Waals surface area (Å²) < 4.78 is 45.5. The van der Waals surface area contributed by atoms with Crippen LogP contribution in [0.2, 0.25) is 0 Å². The first-order valence-electron chi connectivity index (χ1n) is 14.2. The van der Waals surface area contributed by atoms with Crippen LogP contribution in [0.4, 0.5) is 52.5 Å². The number of benzene rings is 2. The first-order chi connectivity index (χ1) is 21.2. The Morgan fingerprint density at radius 2 is 1.82 bits per heavy atom. The number of anilines is 6. The van der Waals surface area contributed by atoms with Gasteiger partial charge in [0.1, 0.15) is 5.75 Å². The van der Waals surface area contributed by atoms with Crippen molar-refractivity contribution >= 4 is 46.5 Å². The van der Waals surface area contributed by atoms with Gasteiger partial charge in [0.2, 0.25) is 11.9 Å². The fraction of sp³-hybridized carbons (Fsp3) is 0.355. The van der Waals surface area contributed by atoms with Crippen LogP contribution in [0.15, 0.2) is 55.3 Å². The van der Waals surface area contributed by atoms with Gasteiger partial charge in [-0.15, -0.1) is 0 Å². The van der Waals surface area contributed by atoms with Crippen LogP contribution in [0.1, 0.15) is 25.0 Å². The van der Waals surface area contributed by atoms with Crippen LogP contribution < -0.4 is 25.2 Å². The van der Waals surface area contributed by atoms with Crippen LogP contribution in [-0.4, -0.2) is 79.1 Å². The van der Waals surface area contributed by atoms with Crippen LogP contribution in [0.25, 0.3) is 0 Å². The Balaban J connectivity index is 1.76. The number of methoxy groups -OCH3 is 1. The molecule has 4 rings (SSSR count). The molecule has 0 aliphatic carbocycles. The van der Waals surface area contributed by atoms with Crippen molar-refractivity contribution in [2.45, 2.75) is 32.6 Å². The molecule has 0 saturated carbocycles. The zero-order valence-electron chi connectivity index (χ0n) is 26.1. The second-order valence-electron chi connectivity index (χ2n) is 11.0. The van der Waals surface area contributed by atoms with E-state index >= 15 is 0 Å². The summed E-state index contributed by atoms with van der Waals surface area (Å²) in [6, 6.07) is 7.18. The minimum Gasteiger partial charge on any atom is -0.494 e. The van der Waals surface area contributed by atoms with Crippen LogP contribution in [0, 0.1) is 0 Å². The topological polar surface area (TPSA) is 106 Å². The van der Waals surface area contributed by atoms with Crippen molar-refractivity contribution in [3.05, 3.63) is 66.4 Å². The molecular weight excluding hydrogens is 589 g/mol. The lowest BCUT2D eigenvalue weighted by molar-refractivity contribution is -0.137. The SMILES string of the molecule is C=CC(=O)Nc1cc(Nc2ncc3c(n2)N(c2ccc(C(F)(F)F)cc2)C(=O)N(C(C)C)C3)c(OC)cc1N(C)CCN(C)C. The molecule has 0 spiro atoms. The second-order valence-corrected chi connectivity index (χ2v) is 11.0. The third-order valence-electron chi connectivity index (χ3n) is 7.21. The Labute approximate surface area is 260 Å². The van der Waals surface area contributed by atoms with E-state index in [1.807, 2.05) is 44.8 Å². The van der Waals surface area contributed by atoms with Crippen molar-refractivity contribution < 1.29 is 27.5 Å². The number of alkyl halides is 3. The van der Waals surface area contributed by atoms with E-state index in [0.29, 0.717) is 34.9 Å². The number of rotatable bonds is 11. The predicted octanol–water partition coefficient (Wildman–Crippen LogP) is 5.85. The zero-order chi connectivity index (χ0) is 33.1. The van der Waals surface area contributed by atoms with E-state index in [9.17, 15) is 22.8 Å². The van der Waals surface area contributed by atoms with Crippen molar-refractivity contribution in [2.75, 3.05) is 61.8 Å². The van der Waals surface area contributed by atoms with Gasteiger partial charge in [0.05, 0.1) is 42.0 Å². The number of nitrogens with one attached hydrogen (secondary N) is 2. The quantitative estimate of drug-likeness (QED) is 0.256. The molecule has 0 saturated heterocycles. The average molecular weight is 627 g/mol. The summed E-state index contributed by atoms with van der Waals surface area (Å²) in [4.78, 5) is 41.9. The van der Waals surface area contributed by atoms with Crippen molar-refractivity contribution in [2.24, 2.45) is 0 Å². The maximum Gasteiger partial charge on any atom is 0.416 e. The Bertz CT molecular complexity index is 1560. The molecule has 14 heteroatoms. The first-order valence-corrected chi connectivity index (χ1v) is 14.2. The number of likely N-dealkylation sites (N-methyl/N-ethyl adjacent to an activating group) is 2. The maximum absolute atomic E-state index is 13.6. The Morgan fingerprint density at radius 1 is 1.13 bits per heavy atom. The van der Waals surface area contributed by atoms with Gasteiger partial charge in [-0.05, 0) is 64.4 Å². The Morgan fingerprint density at radius 3 is 2.40 bits per heavy atom. The highest BCUT2D eigenvalue weighted by atomic mass is 19.4. The number of aromatic nitrogens is 2. The number of urea groups is 1. The average Bonchev–Trinajstić information content (AvgIpc) is 2.99. The molecule has 2 aromatic carbocycles. The number of carbonyl (C=O) groups is 2. The van der Waals surface area contributed by atoms with Gasteiger partial charge in [-0.3, -0.25) is 4.79 Å². The lowest BCUT2D eigenvalue weighted by Crippen LogP contribution is -2.48. The molecule has 3 aromatic rings. The highest BCUT2D eigenvalue weighted by molar-refractivity contribution is 6.02. The van der Waals surface area contributed by atoms with E-state index in [-0.39, 0.29) is 30.0 Å². The highest BCUT2D eigenvalue weighted by Gasteiger charge is 2.36. The normalized spacial score (nSPS) is 13.2. The molecule has 1 aliphatic rings. The molecule has 240 valence electrons. The van der Waals surface area contributed by atoms with Gasteiger partial charge in [-0.2, -0.15) is 18.2 Å². The van der Waals surface area contributed by atoms with Crippen LogP contribution in [0.5, 0.6) is 5.75 Å². The lowest BCUT2D eigenvalue weighted by Gasteiger charge is -2.38. The summed E-state index contributed by atoms with van der Waals surface area (Å²) in [6.45, 7) is 8.88. The van der Waals surface area contributed by atoms with E-state index in [4.69, 9.17) is 4.74 Å². The molecule has 0 radical (unpaired) electrons. The van der Waals surface area contributed by atoms with Gasteiger partial charge in [-0.25, -0.2) is 14.7 Å². The molecule has 11 nitrogen and oxygen atoms in total. The van der Waals surface area contributed by atoms with Gasteiger partial charge in [0.15, 0.2) is 5.82 Å². The van der Waals surface area contributed by atoms with Gasteiger partial charge >= 0.3 is 12.2 Å². The number of hydrogen-bond donors (Lipinski definition) is 2. The minimum atomic E-state index is -4.52. The van der Waals surface area contributed by atoms with Crippen molar-refractivity contribution in [1.82, 2.24) is 19.8 Å². The monoisotopic (exact) mass is 626 g/mol. The van der Waals surface area contributed by atoms with Crippen LogP contribution >= 0.6 is 0 Å². The number of halogens is 3. The van der Waals surface area contributed by atoms with Gasteiger partial charge < -0.3 is 30.1 Å². The summed E-state index contributed by atoms with van der Waals surface area (Å²) in [5, 5.41) is 5.95. The maximum atomic E-state index is 13.6. The molecule has 0 bridgehead atoms. The van der Waals surface area contributed by atoms with Gasteiger partial charge in [-0.1, -0.05) is 6.58 Å². The summed E-state index contributed by atoms with van der Waals surface area (Å²) >= 11 is 0. The smallest absolute Gasteiger partial charge is 0.416 e. The number of ether oxygens (including phenoxy) is 1. The van der Waals surface area contributed by atoms with E-state index in [1.165, 1.54) is 30.2 Å². The van der Waals surface area contributed by atoms with Crippen LogP contribution in [0.3, 0.4) is 0 Å². The summed E-state index contributed by atoms with van der Waals surface area (Å²) in [5.74, 6) is 0.359. The highest BCUT2D eigenvalue weighted by Crippen LogP contribution is 2.40. The fourth-order valence-corrected chi connectivity index (χ4v) is 4.70. The van der Waals surface area contributed by atoms with E-state index in [1.54, 1.807) is 23.2 Å². The molecule has 1 aromatic heterocycles. The first kappa shape index (κ1) is 33.1. The molecule has 0 fully saturated rings. The Hall–Kier alpha value is -4.85. The molecular formula is C31H37F3N8O3. The number of nitrogens with zero attached hydrogens (tertiary/aromatic N) is 6. The largest absolute Gasteiger partial charge is 0.494 e.